The molecule has 102 valence electrons. The lowest BCUT2D eigenvalue weighted by Gasteiger charge is -2.21. The largest absolute Gasteiger partial charge is 0.492 e. The van der Waals surface area contributed by atoms with E-state index < -0.39 is 24.2 Å². The SMILES string of the molecule is CCOc1ccccc1N1C(=O)OC(C)C1C(=O)O. The van der Waals surface area contributed by atoms with Crippen molar-refractivity contribution in [2.75, 3.05) is 11.5 Å². The molecule has 1 amide bonds. The molecular weight excluding hydrogens is 250 g/mol. The molecule has 1 heterocycles. The molecule has 0 aromatic heterocycles. The lowest BCUT2D eigenvalue weighted by molar-refractivity contribution is -0.139. The summed E-state index contributed by atoms with van der Waals surface area (Å²) in [6.07, 6.45) is -1.38. The minimum absolute atomic E-state index is 0.408. The van der Waals surface area contributed by atoms with Crippen LogP contribution in [0.5, 0.6) is 5.75 Å². The highest BCUT2D eigenvalue weighted by molar-refractivity contribution is 5.99. The Labute approximate surface area is 110 Å². The first-order valence-corrected chi connectivity index (χ1v) is 6.00. The number of hydrogen-bond acceptors (Lipinski definition) is 4. The van der Waals surface area contributed by atoms with Gasteiger partial charge in [0.1, 0.15) is 11.9 Å². The second-order valence-electron chi connectivity index (χ2n) is 4.14. The van der Waals surface area contributed by atoms with Gasteiger partial charge in [-0.05, 0) is 26.0 Å². The van der Waals surface area contributed by atoms with Crippen molar-refractivity contribution in [1.82, 2.24) is 0 Å². The van der Waals surface area contributed by atoms with E-state index in [1.807, 2.05) is 6.92 Å². The summed E-state index contributed by atoms with van der Waals surface area (Å²) in [5, 5.41) is 9.24. The Balaban J connectivity index is 2.44. The van der Waals surface area contributed by atoms with Gasteiger partial charge in [-0.15, -0.1) is 0 Å². The van der Waals surface area contributed by atoms with Crippen molar-refractivity contribution in [3.05, 3.63) is 24.3 Å². The average Bonchev–Trinajstić information content (AvgIpc) is 2.65. The Hall–Kier alpha value is -2.24. The van der Waals surface area contributed by atoms with Crippen molar-refractivity contribution < 1.29 is 24.2 Å². The number of carboxylic acids is 1. The van der Waals surface area contributed by atoms with Gasteiger partial charge in [0, 0.05) is 0 Å². The van der Waals surface area contributed by atoms with Gasteiger partial charge in [0.05, 0.1) is 12.3 Å². The predicted octanol–water partition coefficient (Wildman–Crippen LogP) is 1.88. The Bertz CT molecular complexity index is 502. The Kier molecular flexibility index (Phi) is 3.59. The summed E-state index contributed by atoms with van der Waals surface area (Å²) >= 11 is 0. The van der Waals surface area contributed by atoms with E-state index in [9.17, 15) is 14.7 Å². The zero-order valence-corrected chi connectivity index (χ0v) is 10.7. The summed E-state index contributed by atoms with van der Waals surface area (Å²) in [6.45, 7) is 3.80. The molecule has 1 aliphatic rings. The number of rotatable bonds is 4. The quantitative estimate of drug-likeness (QED) is 0.899. The van der Waals surface area contributed by atoms with E-state index in [4.69, 9.17) is 9.47 Å². The van der Waals surface area contributed by atoms with Gasteiger partial charge in [0.15, 0.2) is 6.04 Å². The number of carbonyl (C=O) groups is 2. The topological polar surface area (TPSA) is 76.1 Å². The van der Waals surface area contributed by atoms with Crippen LogP contribution < -0.4 is 9.64 Å². The van der Waals surface area contributed by atoms with E-state index in [1.54, 1.807) is 31.2 Å². The van der Waals surface area contributed by atoms with Crippen molar-refractivity contribution in [1.29, 1.82) is 0 Å². The minimum atomic E-state index is -1.11. The summed E-state index contributed by atoms with van der Waals surface area (Å²) in [6, 6.07) is 5.75. The second-order valence-corrected chi connectivity index (χ2v) is 4.14. The molecule has 1 fully saturated rings. The first-order valence-electron chi connectivity index (χ1n) is 6.00. The van der Waals surface area contributed by atoms with Crippen molar-refractivity contribution >= 4 is 17.7 Å². The highest BCUT2D eigenvalue weighted by Gasteiger charge is 2.45. The number of carbonyl (C=O) groups excluding carboxylic acids is 1. The van der Waals surface area contributed by atoms with Crippen LogP contribution in [-0.2, 0) is 9.53 Å². The molecule has 2 atom stereocenters. The molecule has 1 N–H and O–H groups in total. The molecule has 1 saturated heterocycles. The fourth-order valence-electron chi connectivity index (χ4n) is 2.10. The maximum Gasteiger partial charge on any atom is 0.415 e. The van der Waals surface area contributed by atoms with Crippen LogP contribution in [0.1, 0.15) is 13.8 Å². The third kappa shape index (κ3) is 2.33. The standard InChI is InChI=1S/C13H15NO5/c1-3-18-10-7-5-4-6-9(10)14-11(12(15)16)8(2)19-13(14)17/h4-8,11H,3H2,1-2H3,(H,15,16). The van der Waals surface area contributed by atoms with Crippen molar-refractivity contribution in [3.63, 3.8) is 0 Å². The average molecular weight is 265 g/mol. The number of anilines is 1. The van der Waals surface area contributed by atoms with Crippen LogP contribution in [0.2, 0.25) is 0 Å². The van der Waals surface area contributed by atoms with Gasteiger partial charge in [-0.1, -0.05) is 12.1 Å². The number of nitrogens with zero attached hydrogens (tertiary/aromatic N) is 1. The number of benzene rings is 1. The number of aliphatic carboxylic acids is 1. The van der Waals surface area contributed by atoms with Gasteiger partial charge in [-0.25, -0.2) is 9.59 Å². The fraction of sp³-hybridized carbons (Fsp3) is 0.385. The Morgan fingerprint density at radius 2 is 2.16 bits per heavy atom. The van der Waals surface area contributed by atoms with E-state index in [0.29, 0.717) is 18.0 Å². The van der Waals surface area contributed by atoms with Crippen molar-refractivity contribution in [2.45, 2.75) is 26.0 Å². The van der Waals surface area contributed by atoms with Gasteiger partial charge in [-0.3, -0.25) is 4.90 Å². The van der Waals surface area contributed by atoms with Crippen LogP contribution in [0.4, 0.5) is 10.5 Å². The number of cyclic esters (lactones) is 1. The molecule has 1 aliphatic heterocycles. The number of para-hydroxylation sites is 2. The summed E-state index contributed by atoms with van der Waals surface area (Å²) in [4.78, 5) is 24.3. The van der Waals surface area contributed by atoms with Gasteiger partial charge < -0.3 is 14.6 Å². The number of hydrogen-bond donors (Lipinski definition) is 1. The van der Waals surface area contributed by atoms with Crippen molar-refractivity contribution in [3.8, 4) is 5.75 Å². The molecule has 0 radical (unpaired) electrons. The molecule has 6 heteroatoms. The van der Waals surface area contributed by atoms with Gasteiger partial charge in [0.25, 0.3) is 0 Å². The van der Waals surface area contributed by atoms with Crippen LogP contribution in [0, 0.1) is 0 Å². The smallest absolute Gasteiger partial charge is 0.415 e. The first-order chi connectivity index (χ1) is 9.06. The predicted molar refractivity (Wildman–Crippen MR) is 67.5 cm³/mol. The monoisotopic (exact) mass is 265 g/mol. The number of ether oxygens (including phenoxy) is 2. The highest BCUT2D eigenvalue weighted by Crippen LogP contribution is 2.34. The summed E-state index contributed by atoms with van der Waals surface area (Å²) in [7, 11) is 0. The maximum absolute atomic E-state index is 11.8. The number of amides is 1. The third-order valence-corrected chi connectivity index (χ3v) is 2.88. The normalized spacial score (nSPS) is 22.2. The molecule has 0 aliphatic carbocycles. The van der Waals surface area contributed by atoms with Crippen LogP contribution >= 0.6 is 0 Å². The summed E-state index contributed by atoms with van der Waals surface area (Å²) in [5.41, 5.74) is 0.408. The van der Waals surface area contributed by atoms with Crippen LogP contribution in [-0.4, -0.2) is 35.9 Å². The van der Waals surface area contributed by atoms with Gasteiger partial charge in [-0.2, -0.15) is 0 Å². The lowest BCUT2D eigenvalue weighted by Crippen LogP contribution is -2.42. The maximum atomic E-state index is 11.8. The molecule has 2 rings (SSSR count). The van der Waals surface area contributed by atoms with E-state index in [0.717, 1.165) is 4.90 Å². The number of carboxylic acid groups (broad SMARTS) is 1. The van der Waals surface area contributed by atoms with Crippen LogP contribution in [0.25, 0.3) is 0 Å². The minimum Gasteiger partial charge on any atom is -0.492 e. The van der Waals surface area contributed by atoms with Crippen molar-refractivity contribution in [2.24, 2.45) is 0 Å². The summed E-state index contributed by atoms with van der Waals surface area (Å²) < 4.78 is 10.4. The zero-order chi connectivity index (χ0) is 14.0. The lowest BCUT2D eigenvalue weighted by atomic mass is 10.1. The zero-order valence-electron chi connectivity index (χ0n) is 10.7. The Morgan fingerprint density at radius 1 is 1.47 bits per heavy atom. The van der Waals surface area contributed by atoms with Gasteiger partial charge in [0.2, 0.25) is 0 Å². The molecule has 1 aromatic carbocycles. The Morgan fingerprint density at radius 3 is 2.79 bits per heavy atom. The van der Waals surface area contributed by atoms with E-state index in [-0.39, 0.29) is 0 Å². The molecule has 6 nitrogen and oxygen atoms in total. The molecule has 0 spiro atoms. The van der Waals surface area contributed by atoms with Crippen LogP contribution in [0.15, 0.2) is 24.3 Å². The first kappa shape index (κ1) is 13.2. The van der Waals surface area contributed by atoms with E-state index in [2.05, 4.69) is 0 Å². The van der Waals surface area contributed by atoms with E-state index in [1.165, 1.54) is 0 Å². The third-order valence-electron chi connectivity index (χ3n) is 2.88. The summed E-state index contributed by atoms with van der Waals surface area (Å²) in [5.74, 6) is -0.646. The molecule has 0 saturated carbocycles. The molecule has 19 heavy (non-hydrogen) atoms. The van der Waals surface area contributed by atoms with Crippen LogP contribution in [0.3, 0.4) is 0 Å². The molecule has 2 unspecified atom stereocenters. The fourth-order valence-corrected chi connectivity index (χ4v) is 2.10. The molecule has 1 aromatic rings. The second kappa shape index (κ2) is 5.17. The highest BCUT2D eigenvalue weighted by atomic mass is 16.6. The van der Waals surface area contributed by atoms with Gasteiger partial charge >= 0.3 is 12.1 Å². The molecular formula is C13H15NO5. The molecule has 0 bridgehead atoms. The van der Waals surface area contributed by atoms with E-state index >= 15 is 0 Å².